The smallest absolute Gasteiger partial charge is 0.377 e. The van der Waals surface area contributed by atoms with Crippen LogP contribution in [0.1, 0.15) is 10.6 Å². The van der Waals surface area contributed by atoms with E-state index in [0.29, 0.717) is 0 Å². The molecule has 0 fully saturated rings. The molecule has 5 nitrogen and oxygen atoms in total. The van der Waals surface area contributed by atoms with Crippen LogP contribution < -0.4 is 4.74 Å². The quantitative estimate of drug-likeness (QED) is 0.584. The maximum atomic E-state index is 10.7. The minimum atomic E-state index is -0.569. The van der Waals surface area contributed by atoms with Gasteiger partial charge in [-0.3, -0.25) is 0 Å². The van der Waals surface area contributed by atoms with Crippen molar-refractivity contribution in [1.29, 1.82) is 0 Å². The van der Waals surface area contributed by atoms with Gasteiger partial charge in [0, 0.05) is 0 Å². The van der Waals surface area contributed by atoms with Crippen LogP contribution in [0.5, 0.6) is 5.88 Å². The van der Waals surface area contributed by atoms with Crippen LogP contribution in [-0.4, -0.2) is 25.3 Å². The van der Waals surface area contributed by atoms with E-state index in [1.807, 2.05) is 0 Å². The van der Waals surface area contributed by atoms with E-state index in [1.54, 1.807) is 0 Å². The Morgan fingerprint density at radius 3 is 2.82 bits per heavy atom. The van der Waals surface area contributed by atoms with Crippen molar-refractivity contribution < 1.29 is 18.8 Å². The zero-order chi connectivity index (χ0) is 8.27. The number of hydrogen-bond donors (Lipinski definition) is 0. The molecule has 0 bridgehead atoms. The highest BCUT2D eigenvalue weighted by molar-refractivity contribution is 5.86. The molecule has 1 rings (SSSR count). The minimum absolute atomic E-state index is 0.0318. The summed E-state index contributed by atoms with van der Waals surface area (Å²) in [6.45, 7) is 0. The number of esters is 1. The van der Waals surface area contributed by atoms with E-state index < -0.39 is 5.97 Å². The van der Waals surface area contributed by atoms with E-state index in [9.17, 15) is 4.79 Å². The second-order valence-electron chi connectivity index (χ2n) is 1.73. The van der Waals surface area contributed by atoms with Crippen LogP contribution in [0.2, 0.25) is 0 Å². The molecule has 1 heterocycles. The lowest BCUT2D eigenvalue weighted by atomic mass is 10.5. The predicted octanol–water partition coefficient (Wildman–Crippen LogP) is 0.470. The molecule has 0 aromatic carbocycles. The van der Waals surface area contributed by atoms with E-state index in [0.717, 1.165) is 0 Å². The molecule has 11 heavy (non-hydrogen) atoms. The number of carbonyl (C=O) groups excluding carboxylic acids is 1. The monoisotopic (exact) mass is 157 g/mol. The number of carbonyl (C=O) groups is 1. The zero-order valence-electron chi connectivity index (χ0n) is 6.16. The molecule has 60 valence electrons. The number of methoxy groups -OCH3 is 2. The van der Waals surface area contributed by atoms with Crippen LogP contribution in [0.25, 0.3) is 0 Å². The fourth-order valence-corrected chi connectivity index (χ4v) is 0.552. The lowest BCUT2D eigenvalue weighted by Gasteiger charge is -1.88. The number of hydrogen-bond acceptors (Lipinski definition) is 5. The summed E-state index contributed by atoms with van der Waals surface area (Å²) in [5.74, 6) is -0.282. The Bertz CT molecular complexity index is 255. The molecule has 0 saturated carbocycles. The molecule has 0 aliphatic rings. The normalized spacial score (nSPS) is 9.27. The third-order valence-corrected chi connectivity index (χ3v) is 1.08. The number of rotatable bonds is 2. The Morgan fingerprint density at radius 2 is 2.36 bits per heavy atom. The second-order valence-corrected chi connectivity index (χ2v) is 1.73. The van der Waals surface area contributed by atoms with Gasteiger partial charge in [-0.15, -0.1) is 0 Å². The molecule has 0 amide bonds. The van der Waals surface area contributed by atoms with Crippen molar-refractivity contribution in [2.75, 3.05) is 14.2 Å². The fourth-order valence-electron chi connectivity index (χ4n) is 0.552. The summed E-state index contributed by atoms with van der Waals surface area (Å²) >= 11 is 0. The van der Waals surface area contributed by atoms with Gasteiger partial charge in [0.05, 0.1) is 20.3 Å². The lowest BCUT2D eigenvalue weighted by Crippen LogP contribution is -1.98. The fraction of sp³-hybridized carbons (Fsp3) is 0.333. The summed E-state index contributed by atoms with van der Waals surface area (Å²) in [5, 5.41) is 3.41. The Kier molecular flexibility index (Phi) is 2.10. The van der Waals surface area contributed by atoms with Crippen molar-refractivity contribution in [2.45, 2.75) is 0 Å². The Labute approximate surface area is 62.9 Å². The molecule has 5 heteroatoms. The molecule has 0 atom stereocenters. The summed E-state index contributed by atoms with van der Waals surface area (Å²) in [7, 11) is 2.69. The van der Waals surface area contributed by atoms with Gasteiger partial charge < -0.3 is 14.0 Å². The highest BCUT2D eigenvalue weighted by atomic mass is 16.6. The average molecular weight is 157 g/mol. The third-order valence-electron chi connectivity index (χ3n) is 1.08. The van der Waals surface area contributed by atoms with Crippen molar-refractivity contribution in [3.63, 3.8) is 0 Å². The van der Waals surface area contributed by atoms with Crippen molar-refractivity contribution >= 4 is 5.97 Å². The molecule has 0 aliphatic heterocycles. The topological polar surface area (TPSA) is 61.6 Å². The predicted molar refractivity (Wildman–Crippen MR) is 34.4 cm³/mol. The molecule has 0 saturated heterocycles. The van der Waals surface area contributed by atoms with Gasteiger partial charge in [-0.25, -0.2) is 4.79 Å². The standard InChI is InChI=1S/C6H7NO4/c1-9-5-3-4(11-7-5)6(8)10-2/h3H,1-2H3. The molecule has 0 aliphatic carbocycles. The molecule has 0 N–H and O–H groups in total. The van der Waals surface area contributed by atoms with Gasteiger partial charge in [-0.05, 0) is 5.16 Å². The summed E-state index contributed by atoms with van der Waals surface area (Å²) in [6.07, 6.45) is 0. The first kappa shape index (κ1) is 7.59. The van der Waals surface area contributed by atoms with Crippen LogP contribution in [0.4, 0.5) is 0 Å². The molecule has 0 radical (unpaired) electrons. The average Bonchev–Trinajstić information content (AvgIpc) is 2.50. The summed E-state index contributed by atoms with van der Waals surface area (Å²) in [6, 6.07) is 1.35. The van der Waals surface area contributed by atoms with Crippen LogP contribution in [0, 0.1) is 0 Å². The Morgan fingerprint density at radius 1 is 1.64 bits per heavy atom. The van der Waals surface area contributed by atoms with E-state index in [-0.39, 0.29) is 11.6 Å². The van der Waals surface area contributed by atoms with Gasteiger partial charge in [-0.2, -0.15) is 0 Å². The van der Waals surface area contributed by atoms with Gasteiger partial charge >= 0.3 is 5.97 Å². The van der Waals surface area contributed by atoms with Gasteiger partial charge in [0.2, 0.25) is 5.76 Å². The summed E-state index contributed by atoms with van der Waals surface area (Å²) in [5.41, 5.74) is 0. The largest absolute Gasteiger partial charge is 0.479 e. The molecular weight excluding hydrogens is 150 g/mol. The van der Waals surface area contributed by atoms with Crippen LogP contribution >= 0.6 is 0 Å². The second kappa shape index (κ2) is 3.05. The van der Waals surface area contributed by atoms with Crippen molar-refractivity contribution in [2.24, 2.45) is 0 Å². The molecule has 0 spiro atoms. The molecule has 1 aromatic heterocycles. The zero-order valence-corrected chi connectivity index (χ0v) is 6.16. The van der Waals surface area contributed by atoms with Crippen molar-refractivity contribution in [1.82, 2.24) is 5.16 Å². The van der Waals surface area contributed by atoms with Crippen LogP contribution in [0.15, 0.2) is 10.6 Å². The van der Waals surface area contributed by atoms with Crippen LogP contribution in [-0.2, 0) is 4.74 Å². The first-order valence-corrected chi connectivity index (χ1v) is 2.87. The van der Waals surface area contributed by atoms with E-state index in [1.165, 1.54) is 20.3 Å². The molecular formula is C6H7NO4. The summed E-state index contributed by atoms with van der Waals surface area (Å²) in [4.78, 5) is 10.7. The summed E-state index contributed by atoms with van der Waals surface area (Å²) < 4.78 is 13.6. The first-order chi connectivity index (χ1) is 5.27. The van der Waals surface area contributed by atoms with Crippen molar-refractivity contribution in [3.8, 4) is 5.88 Å². The Balaban J connectivity index is 2.80. The number of nitrogens with zero attached hydrogens (tertiary/aromatic N) is 1. The van der Waals surface area contributed by atoms with E-state index in [4.69, 9.17) is 0 Å². The Hall–Kier alpha value is -1.52. The number of aromatic nitrogens is 1. The SMILES string of the molecule is COC(=O)c1cc(OC)no1. The van der Waals surface area contributed by atoms with E-state index >= 15 is 0 Å². The van der Waals surface area contributed by atoms with Gasteiger partial charge in [-0.1, -0.05) is 0 Å². The maximum absolute atomic E-state index is 10.7. The van der Waals surface area contributed by atoms with Gasteiger partial charge in [0.15, 0.2) is 0 Å². The third kappa shape index (κ3) is 1.49. The lowest BCUT2D eigenvalue weighted by molar-refractivity contribution is 0.0554. The van der Waals surface area contributed by atoms with Gasteiger partial charge in [0.1, 0.15) is 0 Å². The maximum Gasteiger partial charge on any atom is 0.377 e. The molecule has 1 aromatic rings. The van der Waals surface area contributed by atoms with Crippen molar-refractivity contribution in [3.05, 3.63) is 11.8 Å². The first-order valence-electron chi connectivity index (χ1n) is 2.87. The van der Waals surface area contributed by atoms with E-state index in [2.05, 4.69) is 19.2 Å². The van der Waals surface area contributed by atoms with Crippen LogP contribution in [0.3, 0.4) is 0 Å². The number of ether oxygens (including phenoxy) is 2. The minimum Gasteiger partial charge on any atom is -0.479 e. The highest BCUT2D eigenvalue weighted by Gasteiger charge is 2.12. The van der Waals surface area contributed by atoms with Gasteiger partial charge in [0.25, 0.3) is 5.88 Å². The highest BCUT2D eigenvalue weighted by Crippen LogP contribution is 2.10. The molecule has 0 unspecified atom stereocenters.